The molecule has 1 saturated heterocycles. The third-order valence-electron chi connectivity index (χ3n) is 3.47. The van der Waals surface area contributed by atoms with Gasteiger partial charge in [-0.05, 0) is 25.3 Å². The molecule has 0 aromatic carbocycles. The van der Waals surface area contributed by atoms with Crippen molar-refractivity contribution in [3.63, 3.8) is 0 Å². The van der Waals surface area contributed by atoms with Gasteiger partial charge in [-0.1, -0.05) is 11.6 Å². The first-order valence-corrected chi connectivity index (χ1v) is 7.42. The van der Waals surface area contributed by atoms with Crippen molar-refractivity contribution < 1.29 is 9.59 Å². The van der Waals surface area contributed by atoms with Crippen LogP contribution in [0.4, 0.5) is 5.82 Å². The van der Waals surface area contributed by atoms with E-state index in [-0.39, 0.29) is 11.5 Å². The highest BCUT2D eigenvalue weighted by Gasteiger charge is 2.16. The third-order valence-corrected chi connectivity index (χ3v) is 3.75. The van der Waals surface area contributed by atoms with E-state index < -0.39 is 5.91 Å². The fraction of sp³-hybridized carbons (Fsp3) is 0.500. The van der Waals surface area contributed by atoms with Gasteiger partial charge in [-0.3, -0.25) is 9.59 Å². The molecule has 6 nitrogen and oxygen atoms in total. The van der Waals surface area contributed by atoms with Gasteiger partial charge in [0, 0.05) is 32.3 Å². The number of nitrogens with two attached hydrogens (primary N) is 1. The molecule has 3 N–H and O–H groups in total. The number of nitrogens with zero attached hydrogens (tertiary/aromatic N) is 2. The number of primary amides is 1. The Balaban J connectivity index is 1.83. The van der Waals surface area contributed by atoms with Gasteiger partial charge in [-0.15, -0.1) is 0 Å². The molecule has 2 rings (SSSR count). The summed E-state index contributed by atoms with van der Waals surface area (Å²) in [7, 11) is 0. The summed E-state index contributed by atoms with van der Waals surface area (Å²) in [5.41, 5.74) is 5.41. The minimum atomic E-state index is -0.573. The fourth-order valence-corrected chi connectivity index (χ4v) is 2.53. The topological polar surface area (TPSA) is 88.3 Å². The molecular formula is C14H19ClN4O2. The molecule has 2 amide bonds. The molecule has 1 aromatic rings. The van der Waals surface area contributed by atoms with Gasteiger partial charge in [0.2, 0.25) is 11.8 Å². The number of carbonyl (C=O) groups excluding carboxylic acids is 2. The predicted octanol–water partition coefficient (Wildman–Crippen LogP) is 1.65. The molecule has 0 aliphatic carbocycles. The van der Waals surface area contributed by atoms with Crippen molar-refractivity contribution in [2.75, 3.05) is 25.0 Å². The van der Waals surface area contributed by atoms with E-state index in [1.54, 1.807) is 0 Å². The average molecular weight is 311 g/mol. The number of carbonyl (C=O) groups is 2. The van der Waals surface area contributed by atoms with Crippen molar-refractivity contribution in [1.82, 2.24) is 9.88 Å². The Kier molecular flexibility index (Phi) is 5.38. The summed E-state index contributed by atoms with van der Waals surface area (Å²) in [5.74, 6) is 0.0245. The monoisotopic (exact) mass is 310 g/mol. The first-order chi connectivity index (χ1) is 10.1. The van der Waals surface area contributed by atoms with Crippen molar-refractivity contribution in [2.45, 2.75) is 25.7 Å². The highest BCUT2D eigenvalue weighted by Crippen LogP contribution is 2.20. The van der Waals surface area contributed by atoms with Crippen LogP contribution in [0.3, 0.4) is 0 Å². The molecule has 114 valence electrons. The van der Waals surface area contributed by atoms with Crippen LogP contribution in [-0.2, 0) is 4.79 Å². The molecule has 2 heterocycles. The number of piperidine rings is 1. The first-order valence-electron chi connectivity index (χ1n) is 7.05. The van der Waals surface area contributed by atoms with Crippen LogP contribution in [0.1, 0.15) is 36.0 Å². The van der Waals surface area contributed by atoms with Crippen LogP contribution in [0.25, 0.3) is 0 Å². The lowest BCUT2D eigenvalue weighted by atomic mass is 10.1. The van der Waals surface area contributed by atoms with E-state index in [1.165, 1.54) is 18.7 Å². The summed E-state index contributed by atoms with van der Waals surface area (Å²) in [4.78, 5) is 28.9. The maximum absolute atomic E-state index is 12.0. The van der Waals surface area contributed by atoms with Gasteiger partial charge in [-0.2, -0.15) is 0 Å². The van der Waals surface area contributed by atoms with Crippen LogP contribution in [0, 0.1) is 0 Å². The predicted molar refractivity (Wildman–Crippen MR) is 81.3 cm³/mol. The molecule has 1 fully saturated rings. The van der Waals surface area contributed by atoms with Crippen molar-refractivity contribution in [3.05, 3.63) is 22.8 Å². The number of anilines is 1. The van der Waals surface area contributed by atoms with Gasteiger partial charge >= 0.3 is 0 Å². The minimum absolute atomic E-state index is 0.145. The summed E-state index contributed by atoms with van der Waals surface area (Å²) < 4.78 is 0. The quantitative estimate of drug-likeness (QED) is 0.865. The third kappa shape index (κ3) is 4.32. The standard InChI is InChI=1S/C14H19ClN4O2/c15-11-8-10(13(16)21)9-18-14(11)17-5-4-12(20)19-6-2-1-3-7-19/h8-9H,1-7H2,(H2,16,21)(H,17,18). The van der Waals surface area contributed by atoms with Crippen LogP contribution < -0.4 is 11.1 Å². The molecule has 0 unspecified atom stereocenters. The van der Waals surface area contributed by atoms with Crippen molar-refractivity contribution >= 4 is 29.2 Å². The van der Waals surface area contributed by atoms with E-state index in [4.69, 9.17) is 17.3 Å². The van der Waals surface area contributed by atoms with E-state index in [0.29, 0.717) is 23.8 Å². The summed E-state index contributed by atoms with van der Waals surface area (Å²) >= 11 is 6.01. The second-order valence-electron chi connectivity index (χ2n) is 5.04. The molecule has 0 atom stereocenters. The van der Waals surface area contributed by atoms with E-state index in [2.05, 4.69) is 10.3 Å². The molecule has 1 aliphatic rings. The van der Waals surface area contributed by atoms with Gasteiger partial charge in [-0.25, -0.2) is 4.98 Å². The van der Waals surface area contributed by atoms with Crippen LogP contribution in [0.5, 0.6) is 0 Å². The molecule has 7 heteroatoms. The summed E-state index contributed by atoms with van der Waals surface area (Å²) in [6.45, 7) is 2.16. The molecular weight excluding hydrogens is 292 g/mol. The van der Waals surface area contributed by atoms with Crippen LogP contribution in [0.15, 0.2) is 12.3 Å². The van der Waals surface area contributed by atoms with E-state index in [1.807, 2.05) is 4.90 Å². The number of halogens is 1. The highest BCUT2D eigenvalue weighted by atomic mass is 35.5. The van der Waals surface area contributed by atoms with E-state index in [9.17, 15) is 9.59 Å². The maximum Gasteiger partial charge on any atom is 0.250 e. The molecule has 1 aliphatic heterocycles. The van der Waals surface area contributed by atoms with E-state index >= 15 is 0 Å². The zero-order valence-corrected chi connectivity index (χ0v) is 12.5. The normalized spacial score (nSPS) is 14.8. The Labute approximate surface area is 128 Å². The second-order valence-corrected chi connectivity index (χ2v) is 5.44. The van der Waals surface area contributed by atoms with Crippen LogP contribution in [-0.4, -0.2) is 41.3 Å². The Morgan fingerprint density at radius 1 is 1.33 bits per heavy atom. The van der Waals surface area contributed by atoms with Crippen molar-refractivity contribution in [1.29, 1.82) is 0 Å². The summed E-state index contributed by atoms with van der Waals surface area (Å²) in [6.07, 6.45) is 5.13. The number of amides is 2. The minimum Gasteiger partial charge on any atom is -0.368 e. The summed E-state index contributed by atoms with van der Waals surface area (Å²) in [6, 6.07) is 1.46. The van der Waals surface area contributed by atoms with Crippen LogP contribution in [0.2, 0.25) is 5.02 Å². The van der Waals surface area contributed by atoms with Crippen molar-refractivity contribution in [3.8, 4) is 0 Å². The summed E-state index contributed by atoms with van der Waals surface area (Å²) in [5, 5.41) is 3.32. The SMILES string of the molecule is NC(=O)c1cnc(NCCC(=O)N2CCCCC2)c(Cl)c1. The molecule has 0 saturated carbocycles. The van der Waals surface area contributed by atoms with Crippen LogP contribution >= 0.6 is 11.6 Å². The zero-order chi connectivity index (χ0) is 15.2. The first kappa shape index (κ1) is 15.6. The molecule has 0 spiro atoms. The maximum atomic E-state index is 12.0. The number of hydrogen-bond acceptors (Lipinski definition) is 4. The van der Waals surface area contributed by atoms with Gasteiger partial charge in [0.05, 0.1) is 10.6 Å². The van der Waals surface area contributed by atoms with Gasteiger partial charge in [0.15, 0.2) is 0 Å². The van der Waals surface area contributed by atoms with Gasteiger partial charge < -0.3 is 16.0 Å². The largest absolute Gasteiger partial charge is 0.368 e. The molecule has 1 aromatic heterocycles. The number of rotatable bonds is 5. The Morgan fingerprint density at radius 3 is 2.67 bits per heavy atom. The Hall–Kier alpha value is -1.82. The number of pyridine rings is 1. The van der Waals surface area contributed by atoms with Gasteiger partial charge in [0.25, 0.3) is 0 Å². The highest BCUT2D eigenvalue weighted by molar-refractivity contribution is 6.33. The molecule has 0 radical (unpaired) electrons. The average Bonchev–Trinajstić information content (AvgIpc) is 2.49. The smallest absolute Gasteiger partial charge is 0.250 e. The number of aromatic nitrogens is 1. The number of likely N-dealkylation sites (tertiary alicyclic amines) is 1. The second kappa shape index (κ2) is 7.26. The lowest BCUT2D eigenvalue weighted by Crippen LogP contribution is -2.36. The fourth-order valence-electron chi connectivity index (χ4n) is 2.29. The lowest BCUT2D eigenvalue weighted by molar-refractivity contribution is -0.131. The Bertz CT molecular complexity index is 530. The molecule has 0 bridgehead atoms. The Morgan fingerprint density at radius 2 is 2.05 bits per heavy atom. The van der Waals surface area contributed by atoms with Gasteiger partial charge in [0.1, 0.15) is 5.82 Å². The van der Waals surface area contributed by atoms with E-state index in [0.717, 1.165) is 25.9 Å². The van der Waals surface area contributed by atoms with Crippen molar-refractivity contribution in [2.24, 2.45) is 5.73 Å². The lowest BCUT2D eigenvalue weighted by Gasteiger charge is -2.26. The molecule has 21 heavy (non-hydrogen) atoms. The number of hydrogen-bond donors (Lipinski definition) is 2. The zero-order valence-electron chi connectivity index (χ0n) is 11.8. The number of nitrogens with one attached hydrogen (secondary N) is 1.